The smallest absolute Gasteiger partial charge is 0.784 e. The first-order valence-electron chi connectivity index (χ1n) is 5.55. The molecule has 0 bridgehead atoms. The number of hydrogen-bond donors (Lipinski definition) is 2. The van der Waals surface area contributed by atoms with Crippen molar-refractivity contribution in [2.75, 3.05) is 5.73 Å². The largest absolute Gasteiger partial charge is 1.00 e. The van der Waals surface area contributed by atoms with Crippen molar-refractivity contribution < 1.29 is 28.3 Å². The molecule has 6 heteroatoms. The zero-order valence-electron chi connectivity index (χ0n) is 10.7. The van der Waals surface area contributed by atoms with Crippen molar-refractivity contribution in [3.63, 3.8) is 0 Å². The summed E-state index contributed by atoms with van der Waals surface area (Å²) in [5.74, 6) is 0. The van der Waals surface area contributed by atoms with Crippen molar-refractivity contribution >= 4 is 18.5 Å². The molecular formula is C13H14LiN2O2P. The quantitative estimate of drug-likeness (QED) is 0.391. The van der Waals surface area contributed by atoms with Gasteiger partial charge in [-0.3, -0.25) is 5.09 Å². The number of nitrogens with two attached hydrogens (primary N) is 1. The third kappa shape index (κ3) is 4.24. The van der Waals surface area contributed by atoms with Crippen LogP contribution in [0.2, 0.25) is 0 Å². The van der Waals surface area contributed by atoms with E-state index in [1.54, 1.807) is 18.2 Å². The molecule has 2 rings (SSSR count). The molecule has 0 saturated heterocycles. The molecule has 0 saturated carbocycles. The third-order valence-corrected chi connectivity index (χ3v) is 4.20. The first-order chi connectivity index (χ1) is 8.59. The Kier molecular flexibility index (Phi) is 5.87. The van der Waals surface area contributed by atoms with E-state index >= 15 is 0 Å². The Morgan fingerprint density at radius 3 is 2.26 bits per heavy atom. The van der Waals surface area contributed by atoms with Crippen LogP contribution in [0, 0.1) is 0 Å². The Balaban J connectivity index is 0.00000180. The number of anilines is 1. The summed E-state index contributed by atoms with van der Waals surface area (Å²) < 4.78 is 12.1. The van der Waals surface area contributed by atoms with Crippen molar-refractivity contribution in [2.45, 2.75) is 6.54 Å². The summed E-state index contributed by atoms with van der Waals surface area (Å²) >= 11 is 0. The second kappa shape index (κ2) is 6.95. The summed E-state index contributed by atoms with van der Waals surface area (Å²) in [6.07, 6.45) is 0. The number of benzene rings is 2. The molecule has 0 fully saturated rings. The van der Waals surface area contributed by atoms with E-state index in [9.17, 15) is 9.46 Å². The van der Waals surface area contributed by atoms with Crippen LogP contribution in [0.3, 0.4) is 0 Å². The summed E-state index contributed by atoms with van der Waals surface area (Å²) in [6, 6.07) is 15.8. The second-order valence-corrected chi connectivity index (χ2v) is 5.83. The molecule has 0 spiro atoms. The van der Waals surface area contributed by atoms with Gasteiger partial charge in [-0.2, -0.15) is 0 Å². The van der Waals surface area contributed by atoms with Gasteiger partial charge in [-0.05, 0) is 17.7 Å². The Hall–Kier alpha value is -1.01. The monoisotopic (exact) mass is 268 g/mol. The van der Waals surface area contributed by atoms with Crippen molar-refractivity contribution in [2.24, 2.45) is 0 Å². The van der Waals surface area contributed by atoms with Crippen LogP contribution < -0.4 is 39.9 Å². The number of nitrogens with one attached hydrogen (secondary N) is 1. The van der Waals surface area contributed by atoms with Gasteiger partial charge in [0, 0.05) is 17.5 Å². The van der Waals surface area contributed by atoms with Crippen LogP contribution in [0.4, 0.5) is 5.69 Å². The fourth-order valence-corrected chi connectivity index (χ4v) is 2.89. The van der Waals surface area contributed by atoms with Gasteiger partial charge in [0.15, 0.2) is 0 Å². The van der Waals surface area contributed by atoms with E-state index < -0.39 is 7.52 Å². The summed E-state index contributed by atoms with van der Waals surface area (Å²) in [7, 11) is -3.87. The Bertz CT molecular complexity index is 578. The van der Waals surface area contributed by atoms with Gasteiger partial charge in [0.2, 0.25) is 0 Å². The van der Waals surface area contributed by atoms with Crippen LogP contribution in [0.5, 0.6) is 0 Å². The molecule has 4 nitrogen and oxygen atoms in total. The zero-order valence-corrected chi connectivity index (χ0v) is 11.6. The van der Waals surface area contributed by atoms with E-state index in [-0.39, 0.29) is 36.4 Å². The van der Waals surface area contributed by atoms with Crippen LogP contribution in [0.25, 0.3) is 0 Å². The fourth-order valence-electron chi connectivity index (χ4n) is 1.63. The van der Waals surface area contributed by atoms with Crippen molar-refractivity contribution in [3.05, 3.63) is 60.2 Å². The van der Waals surface area contributed by atoms with Gasteiger partial charge in [-0.1, -0.05) is 42.5 Å². The Morgan fingerprint density at radius 2 is 1.63 bits per heavy atom. The van der Waals surface area contributed by atoms with Crippen molar-refractivity contribution in [1.29, 1.82) is 0 Å². The van der Waals surface area contributed by atoms with Crippen LogP contribution in [-0.2, 0) is 11.1 Å². The van der Waals surface area contributed by atoms with Crippen LogP contribution >= 0.6 is 7.52 Å². The maximum absolute atomic E-state index is 12.1. The fraction of sp³-hybridized carbons (Fsp3) is 0.0769. The molecule has 2 aromatic rings. The van der Waals surface area contributed by atoms with Gasteiger partial charge < -0.3 is 15.2 Å². The Labute approximate surface area is 124 Å². The summed E-state index contributed by atoms with van der Waals surface area (Å²) in [5.41, 5.74) is 6.83. The first-order valence-corrected chi connectivity index (χ1v) is 7.17. The maximum atomic E-state index is 12.1. The van der Waals surface area contributed by atoms with Crippen molar-refractivity contribution in [3.8, 4) is 0 Å². The molecule has 0 aliphatic heterocycles. The normalized spacial score (nSPS) is 13.3. The van der Waals surface area contributed by atoms with E-state index in [1.165, 1.54) is 6.07 Å². The van der Waals surface area contributed by atoms with E-state index in [1.807, 2.05) is 30.3 Å². The van der Waals surface area contributed by atoms with E-state index in [4.69, 9.17) is 5.73 Å². The van der Waals surface area contributed by atoms with Gasteiger partial charge >= 0.3 is 18.9 Å². The average Bonchev–Trinajstić information content (AvgIpc) is 2.38. The van der Waals surface area contributed by atoms with Gasteiger partial charge in [-0.15, -0.1) is 0 Å². The Morgan fingerprint density at radius 1 is 1.05 bits per heavy atom. The van der Waals surface area contributed by atoms with Gasteiger partial charge in [0.05, 0.1) is 0 Å². The summed E-state index contributed by atoms with van der Waals surface area (Å²) in [4.78, 5) is 12.1. The molecule has 19 heavy (non-hydrogen) atoms. The molecule has 0 aromatic heterocycles. The van der Waals surface area contributed by atoms with Crippen LogP contribution in [0.1, 0.15) is 5.56 Å². The second-order valence-electron chi connectivity index (χ2n) is 3.93. The molecule has 0 heterocycles. The average molecular weight is 268 g/mol. The van der Waals surface area contributed by atoms with Gasteiger partial charge in [0.25, 0.3) is 0 Å². The number of hydrogen-bond acceptors (Lipinski definition) is 3. The van der Waals surface area contributed by atoms with Gasteiger partial charge in [0.1, 0.15) is 7.52 Å². The first kappa shape index (κ1) is 16.0. The molecule has 94 valence electrons. The predicted molar refractivity (Wildman–Crippen MR) is 71.4 cm³/mol. The molecule has 0 aliphatic rings. The van der Waals surface area contributed by atoms with E-state index in [2.05, 4.69) is 5.09 Å². The molecule has 2 aromatic carbocycles. The summed E-state index contributed by atoms with van der Waals surface area (Å²) in [5, 5.41) is 2.69. The number of rotatable bonds is 4. The zero-order chi connectivity index (χ0) is 13.0. The topological polar surface area (TPSA) is 78.2 Å². The minimum atomic E-state index is -3.87. The molecule has 1 unspecified atom stereocenters. The predicted octanol–water partition coefficient (Wildman–Crippen LogP) is -1.76. The van der Waals surface area contributed by atoms with Crippen LogP contribution in [0.15, 0.2) is 54.6 Å². The van der Waals surface area contributed by atoms with E-state index in [0.717, 1.165) is 5.56 Å². The summed E-state index contributed by atoms with van der Waals surface area (Å²) in [6.45, 7) is 0.260. The van der Waals surface area contributed by atoms with Gasteiger partial charge in [-0.25, -0.2) is 0 Å². The number of nitrogen functional groups attached to an aromatic ring is 1. The minimum absolute atomic E-state index is 0. The molecule has 0 aliphatic carbocycles. The minimum Gasteiger partial charge on any atom is -0.784 e. The molecule has 1 atom stereocenters. The third-order valence-electron chi connectivity index (χ3n) is 2.59. The van der Waals surface area contributed by atoms with E-state index in [0.29, 0.717) is 0 Å². The maximum Gasteiger partial charge on any atom is 1.00 e. The van der Waals surface area contributed by atoms with Crippen molar-refractivity contribution in [1.82, 2.24) is 5.09 Å². The molecule has 3 N–H and O–H groups in total. The number of para-hydroxylation sites is 1. The molecular weight excluding hydrogens is 254 g/mol. The van der Waals surface area contributed by atoms with Crippen LogP contribution in [-0.4, -0.2) is 0 Å². The SMILES string of the molecule is Nc1ccccc1P(=O)([O-])NCc1ccccc1.[Li+]. The standard InChI is InChI=1S/C13H15N2O2P.Li/c14-12-8-4-5-9-13(12)18(16,17)15-10-11-6-2-1-3-7-11;/h1-9H,10,14H2,(H2,15,16,17);/q;+1/p-1. The molecule has 0 amide bonds. The molecule has 0 radical (unpaired) electrons.